The molecule has 0 spiro atoms. The molecular weight excluding hydrogens is 231 g/mol. The Morgan fingerprint density at radius 2 is 1.75 bits per heavy atom. The van der Waals surface area contributed by atoms with Gasteiger partial charge in [-0.05, 0) is 18.2 Å². The van der Waals surface area contributed by atoms with Crippen LogP contribution < -0.4 is 0 Å². The van der Waals surface area contributed by atoms with Crippen molar-refractivity contribution in [3.05, 3.63) is 35.4 Å². The third-order valence-corrected chi connectivity index (χ3v) is 1.82. The van der Waals surface area contributed by atoms with Crippen molar-refractivity contribution >= 4 is 41.8 Å². The fraction of sp³-hybridized carbons (Fsp3) is 0. The third-order valence-electron chi connectivity index (χ3n) is 1.50. The van der Waals surface area contributed by atoms with Crippen LogP contribution in [0.3, 0.4) is 0 Å². The molecule has 6 nitrogen and oxygen atoms in total. The van der Waals surface area contributed by atoms with Gasteiger partial charge in [0.05, 0.1) is 11.1 Å². The number of rotatable bonds is 3. The molecular formula is C8H7LiO6S. The van der Waals surface area contributed by atoms with Crippen LogP contribution in [-0.2, 0) is 15.2 Å². The van der Waals surface area contributed by atoms with Crippen LogP contribution in [0.1, 0.15) is 20.7 Å². The molecule has 0 aromatic heterocycles. The van der Waals surface area contributed by atoms with Gasteiger partial charge in [-0.15, -0.1) is 0 Å². The van der Waals surface area contributed by atoms with Gasteiger partial charge in [-0.1, -0.05) is 6.07 Å². The maximum absolute atomic E-state index is 11.0. The first-order valence-electron chi connectivity index (χ1n) is 3.71. The van der Waals surface area contributed by atoms with Gasteiger partial charge < -0.3 is 9.29 Å². The number of aromatic carboxylic acids is 1. The molecule has 0 unspecified atom stereocenters. The first-order valence-corrected chi connectivity index (χ1v) is 4.80. The predicted molar refractivity (Wildman–Crippen MR) is 56.3 cm³/mol. The Labute approximate surface area is 105 Å². The molecule has 0 aliphatic heterocycles. The zero-order chi connectivity index (χ0) is 11.4. The van der Waals surface area contributed by atoms with Crippen molar-refractivity contribution in [3.8, 4) is 0 Å². The number of carbonyl (C=O) groups is 2. The van der Waals surface area contributed by atoms with E-state index in [0.29, 0.717) is 0 Å². The monoisotopic (exact) mass is 238 g/mol. The Morgan fingerprint density at radius 1 is 1.19 bits per heavy atom. The van der Waals surface area contributed by atoms with Crippen LogP contribution >= 0.6 is 0 Å². The average Bonchev–Trinajstić information content (AvgIpc) is 2.17. The van der Waals surface area contributed by atoms with E-state index in [1.807, 2.05) is 0 Å². The van der Waals surface area contributed by atoms with Gasteiger partial charge in [0.1, 0.15) is 0 Å². The van der Waals surface area contributed by atoms with Gasteiger partial charge in [0.2, 0.25) is 0 Å². The van der Waals surface area contributed by atoms with Gasteiger partial charge in [-0.3, -0.25) is 0 Å². The van der Waals surface area contributed by atoms with Crippen molar-refractivity contribution in [3.63, 3.8) is 0 Å². The zero-order valence-corrected chi connectivity index (χ0v) is 8.14. The fourth-order valence-electron chi connectivity index (χ4n) is 0.900. The van der Waals surface area contributed by atoms with Crippen LogP contribution in [0.5, 0.6) is 0 Å². The standard InChI is InChI=1S/C8H6O6S.Li.H/c9-7(10)5-2-1-3-6(4-5)8(11)14-15(12)13;;/h1-4,15H,(H,9,10);;. The molecule has 0 fully saturated rings. The van der Waals surface area contributed by atoms with Crippen LogP contribution in [-0.4, -0.2) is 44.3 Å². The molecule has 1 aromatic carbocycles. The van der Waals surface area contributed by atoms with Crippen LogP contribution in [0.25, 0.3) is 0 Å². The summed E-state index contributed by atoms with van der Waals surface area (Å²) in [5.41, 5.74) is -0.250. The number of hydrogen-bond acceptors (Lipinski definition) is 5. The summed E-state index contributed by atoms with van der Waals surface area (Å²) in [5, 5.41) is 8.60. The van der Waals surface area contributed by atoms with Crippen molar-refractivity contribution < 1.29 is 27.3 Å². The Balaban J connectivity index is 0.00000225. The summed E-state index contributed by atoms with van der Waals surface area (Å²) < 4.78 is 24.1. The Morgan fingerprint density at radius 3 is 2.25 bits per heavy atom. The van der Waals surface area contributed by atoms with E-state index in [9.17, 15) is 18.0 Å². The summed E-state index contributed by atoms with van der Waals surface area (Å²) >= 11 is 0. The summed E-state index contributed by atoms with van der Waals surface area (Å²) in [6.07, 6.45) is 0. The number of carbonyl (C=O) groups excluding carboxylic acids is 1. The van der Waals surface area contributed by atoms with Crippen LogP contribution in [0.2, 0.25) is 0 Å². The molecule has 0 aliphatic rings. The van der Waals surface area contributed by atoms with Gasteiger partial charge in [0.15, 0.2) is 0 Å². The second-order valence-electron chi connectivity index (χ2n) is 2.49. The van der Waals surface area contributed by atoms with Gasteiger partial charge in [-0.2, -0.15) is 8.42 Å². The van der Waals surface area contributed by atoms with Crippen molar-refractivity contribution in [2.75, 3.05) is 0 Å². The van der Waals surface area contributed by atoms with Crippen molar-refractivity contribution in [1.29, 1.82) is 0 Å². The molecule has 16 heavy (non-hydrogen) atoms. The van der Waals surface area contributed by atoms with E-state index >= 15 is 0 Å². The van der Waals surface area contributed by atoms with E-state index in [4.69, 9.17) is 5.11 Å². The molecule has 0 aliphatic carbocycles. The zero-order valence-electron chi connectivity index (χ0n) is 7.25. The molecule has 0 atom stereocenters. The molecule has 1 rings (SSSR count). The van der Waals surface area contributed by atoms with Crippen molar-refractivity contribution in [2.45, 2.75) is 0 Å². The molecule has 0 radical (unpaired) electrons. The summed E-state index contributed by atoms with van der Waals surface area (Å²) in [4.78, 5) is 21.6. The molecule has 0 saturated heterocycles. The molecule has 1 N–H and O–H groups in total. The number of benzene rings is 1. The minimum atomic E-state index is -3.29. The summed E-state index contributed by atoms with van der Waals surface area (Å²) in [6, 6.07) is 4.88. The van der Waals surface area contributed by atoms with Gasteiger partial charge in [0.25, 0.3) is 0 Å². The molecule has 0 heterocycles. The molecule has 0 saturated carbocycles. The Bertz CT molecular complexity index is 473. The third kappa shape index (κ3) is 4.06. The van der Waals surface area contributed by atoms with E-state index in [0.717, 1.165) is 6.07 Å². The summed E-state index contributed by atoms with van der Waals surface area (Å²) in [6.45, 7) is 0. The number of thiol groups is 1. The van der Waals surface area contributed by atoms with Gasteiger partial charge in [0, 0.05) is 0 Å². The second kappa shape index (κ2) is 6.32. The maximum atomic E-state index is 11.0. The van der Waals surface area contributed by atoms with E-state index in [-0.39, 0.29) is 30.0 Å². The van der Waals surface area contributed by atoms with Crippen molar-refractivity contribution in [1.82, 2.24) is 0 Å². The average molecular weight is 238 g/mol. The SMILES string of the molecule is O=C(O)c1cccc(C(=O)O[SH](=O)=O)c1.[LiH]. The molecule has 8 heteroatoms. The van der Waals surface area contributed by atoms with Crippen LogP contribution in [0.15, 0.2) is 24.3 Å². The van der Waals surface area contributed by atoms with E-state index in [1.54, 1.807) is 0 Å². The summed E-state index contributed by atoms with van der Waals surface area (Å²) in [7, 11) is -3.29. The van der Waals surface area contributed by atoms with Crippen molar-refractivity contribution in [2.24, 2.45) is 0 Å². The molecule has 82 valence electrons. The molecule has 1 aromatic rings. The second-order valence-corrected chi connectivity index (χ2v) is 3.12. The Hall–Kier alpha value is -1.29. The number of carboxylic acids is 1. The van der Waals surface area contributed by atoms with Crippen LogP contribution in [0, 0.1) is 0 Å². The van der Waals surface area contributed by atoms with E-state index in [1.165, 1.54) is 18.2 Å². The quantitative estimate of drug-likeness (QED) is 0.540. The fourth-order valence-corrected chi connectivity index (χ4v) is 1.14. The number of hydrogen-bond donors (Lipinski definition) is 2. The number of carboxylic acid groups (broad SMARTS) is 1. The topological polar surface area (TPSA) is 97.7 Å². The van der Waals surface area contributed by atoms with E-state index < -0.39 is 22.9 Å². The first-order chi connectivity index (χ1) is 7.00. The normalized spacial score (nSPS) is 9.31. The first kappa shape index (κ1) is 14.7. The molecule has 0 bridgehead atoms. The Kier molecular flexibility index (Phi) is 5.81. The minimum absolute atomic E-state index is 0. The predicted octanol–water partition coefficient (Wildman–Crippen LogP) is -0.580. The van der Waals surface area contributed by atoms with Gasteiger partial charge >= 0.3 is 41.8 Å². The van der Waals surface area contributed by atoms with Gasteiger partial charge in [-0.25, -0.2) is 9.59 Å². The summed E-state index contributed by atoms with van der Waals surface area (Å²) in [5.74, 6) is -2.31. The molecule has 0 amide bonds. The van der Waals surface area contributed by atoms with Crippen LogP contribution in [0.4, 0.5) is 0 Å². The van der Waals surface area contributed by atoms with E-state index in [2.05, 4.69) is 4.18 Å².